The molecule has 0 unspecified atom stereocenters. The monoisotopic (exact) mass is 270 g/mol. The number of aromatic nitrogens is 1. The van der Waals surface area contributed by atoms with E-state index in [4.69, 9.17) is 4.74 Å². The van der Waals surface area contributed by atoms with Gasteiger partial charge < -0.3 is 10.1 Å². The molecule has 1 aromatic rings. The van der Waals surface area contributed by atoms with Crippen LogP contribution in [0, 0.1) is 0 Å². The molecule has 2 heterocycles. The molecule has 2 rings (SSSR count). The van der Waals surface area contributed by atoms with Gasteiger partial charge in [-0.1, -0.05) is 0 Å². The molecular weight excluding hydrogens is 256 g/mol. The molecule has 1 aliphatic rings. The molecule has 0 aliphatic carbocycles. The number of ether oxygens (including phenoxy) is 1. The average molecular weight is 271 g/mol. The van der Waals surface area contributed by atoms with Crippen molar-refractivity contribution >= 4 is 15.9 Å². The van der Waals surface area contributed by atoms with Crippen molar-refractivity contribution in [3.63, 3.8) is 0 Å². The fraction of sp³-hybridized carbons (Fsp3) is 0.545. The maximum Gasteiger partial charge on any atom is 0.0891 e. The molecule has 15 heavy (non-hydrogen) atoms. The highest BCUT2D eigenvalue weighted by atomic mass is 79.9. The van der Waals surface area contributed by atoms with E-state index >= 15 is 0 Å². The SMILES string of the molecule is Brc1ccc(COC2CCNCC2)nc1. The smallest absolute Gasteiger partial charge is 0.0891 e. The van der Waals surface area contributed by atoms with Crippen LogP contribution in [-0.2, 0) is 11.3 Å². The van der Waals surface area contributed by atoms with E-state index in [0.29, 0.717) is 12.7 Å². The van der Waals surface area contributed by atoms with Crippen LogP contribution in [0.25, 0.3) is 0 Å². The van der Waals surface area contributed by atoms with Gasteiger partial charge in [-0.2, -0.15) is 0 Å². The average Bonchev–Trinajstić information content (AvgIpc) is 2.30. The molecule has 0 aromatic carbocycles. The fourth-order valence-corrected chi connectivity index (χ4v) is 1.89. The van der Waals surface area contributed by atoms with Crippen LogP contribution < -0.4 is 5.32 Å². The molecular formula is C11H15BrN2O. The Kier molecular flexibility index (Phi) is 4.11. The first-order valence-corrected chi connectivity index (χ1v) is 6.06. The lowest BCUT2D eigenvalue weighted by Crippen LogP contribution is -2.32. The number of piperidine rings is 1. The largest absolute Gasteiger partial charge is 0.372 e. The van der Waals surface area contributed by atoms with E-state index in [1.54, 1.807) is 6.20 Å². The summed E-state index contributed by atoms with van der Waals surface area (Å²) in [7, 11) is 0. The molecule has 82 valence electrons. The van der Waals surface area contributed by atoms with Crippen molar-refractivity contribution < 1.29 is 4.74 Å². The number of pyridine rings is 1. The van der Waals surface area contributed by atoms with E-state index in [1.807, 2.05) is 12.1 Å². The van der Waals surface area contributed by atoms with E-state index in [-0.39, 0.29) is 0 Å². The summed E-state index contributed by atoms with van der Waals surface area (Å²) in [6.45, 7) is 2.76. The fourth-order valence-electron chi connectivity index (χ4n) is 1.66. The first-order chi connectivity index (χ1) is 7.34. The summed E-state index contributed by atoms with van der Waals surface area (Å²) in [4.78, 5) is 4.28. The van der Waals surface area contributed by atoms with Gasteiger partial charge in [0.25, 0.3) is 0 Å². The van der Waals surface area contributed by atoms with Gasteiger partial charge in [0, 0.05) is 10.7 Å². The van der Waals surface area contributed by atoms with Gasteiger partial charge in [0.05, 0.1) is 18.4 Å². The van der Waals surface area contributed by atoms with Crippen LogP contribution in [0.3, 0.4) is 0 Å². The van der Waals surface area contributed by atoms with Gasteiger partial charge >= 0.3 is 0 Å². The van der Waals surface area contributed by atoms with Gasteiger partial charge in [-0.25, -0.2) is 0 Å². The summed E-state index contributed by atoms with van der Waals surface area (Å²) in [5.74, 6) is 0. The first-order valence-electron chi connectivity index (χ1n) is 5.27. The second kappa shape index (κ2) is 5.58. The Balaban J connectivity index is 1.79. The first kappa shape index (κ1) is 11.0. The molecule has 1 saturated heterocycles. The van der Waals surface area contributed by atoms with E-state index in [1.165, 1.54) is 0 Å². The topological polar surface area (TPSA) is 34.1 Å². The van der Waals surface area contributed by atoms with Crippen molar-refractivity contribution in [1.82, 2.24) is 10.3 Å². The number of nitrogens with one attached hydrogen (secondary N) is 1. The van der Waals surface area contributed by atoms with Crippen LogP contribution in [-0.4, -0.2) is 24.2 Å². The lowest BCUT2D eigenvalue weighted by atomic mass is 10.1. The quantitative estimate of drug-likeness (QED) is 0.914. The summed E-state index contributed by atoms with van der Waals surface area (Å²) in [6.07, 6.45) is 4.42. The van der Waals surface area contributed by atoms with Gasteiger partial charge in [-0.3, -0.25) is 4.98 Å². The van der Waals surface area contributed by atoms with Crippen molar-refractivity contribution in [3.8, 4) is 0 Å². The van der Waals surface area contributed by atoms with Crippen molar-refractivity contribution in [3.05, 3.63) is 28.5 Å². The molecule has 1 fully saturated rings. The molecule has 3 nitrogen and oxygen atoms in total. The molecule has 1 aromatic heterocycles. The van der Waals surface area contributed by atoms with Crippen molar-refractivity contribution in [2.24, 2.45) is 0 Å². The Morgan fingerprint density at radius 3 is 2.87 bits per heavy atom. The summed E-state index contributed by atoms with van der Waals surface area (Å²) < 4.78 is 6.80. The van der Waals surface area contributed by atoms with Gasteiger partial charge in [0.1, 0.15) is 0 Å². The molecule has 1 N–H and O–H groups in total. The third kappa shape index (κ3) is 3.55. The van der Waals surface area contributed by atoms with E-state index in [9.17, 15) is 0 Å². The van der Waals surface area contributed by atoms with Crippen LogP contribution in [0.4, 0.5) is 0 Å². The minimum atomic E-state index is 0.400. The third-order valence-corrected chi connectivity index (χ3v) is 3.01. The number of halogens is 1. The number of nitrogens with zero attached hydrogens (tertiary/aromatic N) is 1. The maximum absolute atomic E-state index is 5.79. The van der Waals surface area contributed by atoms with Gasteiger partial charge in [0.2, 0.25) is 0 Å². The predicted octanol–water partition coefficient (Wildman–Crippen LogP) is 2.11. The summed E-state index contributed by atoms with van der Waals surface area (Å²) in [6, 6.07) is 3.99. The highest BCUT2D eigenvalue weighted by molar-refractivity contribution is 9.10. The number of hydrogen-bond acceptors (Lipinski definition) is 3. The van der Waals surface area contributed by atoms with E-state index < -0.39 is 0 Å². The lowest BCUT2D eigenvalue weighted by molar-refractivity contribution is 0.0196. The Bertz CT molecular complexity index is 296. The molecule has 0 bridgehead atoms. The molecule has 4 heteroatoms. The van der Waals surface area contributed by atoms with Gasteiger partial charge in [-0.15, -0.1) is 0 Å². The molecule has 0 saturated carbocycles. The minimum absolute atomic E-state index is 0.400. The number of hydrogen-bond donors (Lipinski definition) is 1. The van der Waals surface area contributed by atoms with Gasteiger partial charge in [0.15, 0.2) is 0 Å². The molecule has 0 radical (unpaired) electrons. The lowest BCUT2D eigenvalue weighted by Gasteiger charge is -2.22. The van der Waals surface area contributed by atoms with Crippen LogP contribution in [0.2, 0.25) is 0 Å². The second-order valence-corrected chi connectivity index (χ2v) is 4.64. The highest BCUT2D eigenvalue weighted by Crippen LogP contribution is 2.12. The van der Waals surface area contributed by atoms with Crippen molar-refractivity contribution in [2.45, 2.75) is 25.6 Å². The third-order valence-electron chi connectivity index (χ3n) is 2.54. The van der Waals surface area contributed by atoms with Crippen LogP contribution >= 0.6 is 15.9 Å². The maximum atomic E-state index is 5.79. The van der Waals surface area contributed by atoms with Crippen LogP contribution in [0.5, 0.6) is 0 Å². The zero-order chi connectivity index (χ0) is 10.5. The van der Waals surface area contributed by atoms with Gasteiger partial charge in [-0.05, 0) is 54.0 Å². The van der Waals surface area contributed by atoms with E-state index in [0.717, 1.165) is 36.1 Å². The summed E-state index contributed by atoms with van der Waals surface area (Å²) in [5, 5.41) is 3.32. The second-order valence-electron chi connectivity index (χ2n) is 3.73. The zero-order valence-electron chi connectivity index (χ0n) is 8.58. The van der Waals surface area contributed by atoms with E-state index in [2.05, 4.69) is 26.2 Å². The zero-order valence-corrected chi connectivity index (χ0v) is 10.2. The summed E-state index contributed by atoms with van der Waals surface area (Å²) >= 11 is 3.36. The molecule has 0 spiro atoms. The standard InChI is InChI=1S/C11H15BrN2O/c12-9-1-2-10(14-7-9)8-15-11-3-5-13-6-4-11/h1-2,7,11,13H,3-6,8H2. The Morgan fingerprint density at radius 1 is 1.40 bits per heavy atom. The Labute approximate surface area is 98.4 Å². The number of rotatable bonds is 3. The molecule has 0 atom stereocenters. The highest BCUT2D eigenvalue weighted by Gasteiger charge is 2.13. The normalized spacial score (nSPS) is 17.9. The Morgan fingerprint density at radius 2 is 2.20 bits per heavy atom. The Hall–Kier alpha value is -0.450. The molecule has 0 amide bonds. The summed E-state index contributed by atoms with van der Waals surface area (Å²) in [5.41, 5.74) is 0.997. The molecule has 1 aliphatic heterocycles. The minimum Gasteiger partial charge on any atom is -0.372 e. The van der Waals surface area contributed by atoms with Crippen molar-refractivity contribution in [1.29, 1.82) is 0 Å². The van der Waals surface area contributed by atoms with Crippen LogP contribution in [0.15, 0.2) is 22.8 Å². The van der Waals surface area contributed by atoms with Crippen LogP contribution in [0.1, 0.15) is 18.5 Å². The van der Waals surface area contributed by atoms with Crippen molar-refractivity contribution in [2.75, 3.05) is 13.1 Å². The predicted molar refractivity (Wildman–Crippen MR) is 62.6 cm³/mol.